The van der Waals surface area contributed by atoms with Crippen LogP contribution in [0.2, 0.25) is 5.02 Å². The van der Waals surface area contributed by atoms with Crippen LogP contribution in [-0.2, 0) is 0 Å². The highest BCUT2D eigenvalue weighted by Gasteiger charge is 2.48. The summed E-state index contributed by atoms with van der Waals surface area (Å²) in [5.74, 6) is -0.302. The number of fused-ring (bicyclic) bond motifs is 1. The van der Waals surface area contributed by atoms with Crippen LogP contribution in [0.1, 0.15) is 34.8 Å². The summed E-state index contributed by atoms with van der Waals surface area (Å²) in [4.78, 5) is 12.7. The SMILES string of the molecule is O=C(Nc1cccc(Cl)c1)c1nn2c(c1Br)N[C@@H](c1ccc(Br)o1)C[C@H]2C(F)(F)F. The Kier molecular flexibility index (Phi) is 5.62. The van der Waals surface area contributed by atoms with E-state index >= 15 is 0 Å². The van der Waals surface area contributed by atoms with E-state index < -0.39 is 24.2 Å². The van der Waals surface area contributed by atoms with Gasteiger partial charge in [-0.2, -0.15) is 18.3 Å². The number of benzene rings is 1. The summed E-state index contributed by atoms with van der Waals surface area (Å²) >= 11 is 12.3. The first-order chi connectivity index (χ1) is 14.1. The van der Waals surface area contributed by atoms with Crippen molar-refractivity contribution in [2.45, 2.75) is 24.7 Å². The standard InChI is InChI=1S/C18H12Br2ClF3N4O2/c19-13-5-4-11(30-13)10-7-12(18(22,23)24)28-16(26-10)14(20)15(27-28)17(29)25-9-3-1-2-8(21)6-9/h1-6,10,12,26H,7H2,(H,25,29)/t10-,12+/m1/s1. The van der Waals surface area contributed by atoms with Gasteiger partial charge >= 0.3 is 6.18 Å². The molecule has 0 unspecified atom stereocenters. The number of carbonyl (C=O) groups excluding carboxylic acids is 1. The molecular formula is C18H12Br2ClF3N4O2. The number of carbonyl (C=O) groups is 1. The molecule has 3 heterocycles. The highest BCUT2D eigenvalue weighted by atomic mass is 79.9. The van der Waals surface area contributed by atoms with Gasteiger partial charge in [0.1, 0.15) is 11.6 Å². The van der Waals surface area contributed by atoms with Crippen molar-refractivity contribution in [1.29, 1.82) is 0 Å². The lowest BCUT2D eigenvalue weighted by atomic mass is 10.0. The van der Waals surface area contributed by atoms with Crippen LogP contribution in [0.4, 0.5) is 24.7 Å². The van der Waals surface area contributed by atoms with E-state index in [0.717, 1.165) is 4.68 Å². The van der Waals surface area contributed by atoms with Crippen LogP contribution in [0.5, 0.6) is 0 Å². The van der Waals surface area contributed by atoms with Gasteiger partial charge in [0.05, 0.1) is 10.5 Å². The molecule has 0 saturated heterocycles. The number of nitrogens with one attached hydrogen (secondary N) is 2. The molecular weight excluding hydrogens is 556 g/mol. The maximum absolute atomic E-state index is 13.8. The van der Waals surface area contributed by atoms with E-state index in [0.29, 0.717) is 21.1 Å². The highest BCUT2D eigenvalue weighted by Crippen LogP contribution is 2.46. The number of nitrogens with zero attached hydrogens (tertiary/aromatic N) is 2. The Morgan fingerprint density at radius 1 is 1.30 bits per heavy atom. The summed E-state index contributed by atoms with van der Waals surface area (Å²) in [7, 11) is 0. The lowest BCUT2D eigenvalue weighted by Crippen LogP contribution is -2.35. The van der Waals surface area contributed by atoms with Gasteiger partial charge in [0.25, 0.3) is 5.91 Å². The van der Waals surface area contributed by atoms with Crippen molar-refractivity contribution in [1.82, 2.24) is 9.78 Å². The lowest BCUT2D eigenvalue weighted by molar-refractivity contribution is -0.174. The Morgan fingerprint density at radius 3 is 2.70 bits per heavy atom. The summed E-state index contributed by atoms with van der Waals surface area (Å²) in [6, 6.07) is 6.89. The summed E-state index contributed by atoms with van der Waals surface area (Å²) in [6.45, 7) is 0. The smallest absolute Gasteiger partial charge is 0.410 e. The third kappa shape index (κ3) is 4.10. The molecule has 0 saturated carbocycles. The minimum atomic E-state index is -4.58. The van der Waals surface area contributed by atoms with Gasteiger partial charge in [0, 0.05) is 17.1 Å². The number of amides is 1. The summed E-state index contributed by atoms with van der Waals surface area (Å²) in [5, 5.41) is 9.93. The van der Waals surface area contributed by atoms with Crippen molar-refractivity contribution in [3.05, 3.63) is 62.0 Å². The van der Waals surface area contributed by atoms with Crippen LogP contribution in [0.25, 0.3) is 0 Å². The van der Waals surface area contributed by atoms with Gasteiger partial charge in [-0.3, -0.25) is 4.79 Å². The largest absolute Gasteiger partial charge is 0.452 e. The second-order valence-corrected chi connectivity index (χ2v) is 8.56. The zero-order valence-electron chi connectivity index (χ0n) is 14.8. The molecule has 1 aliphatic heterocycles. The Labute approximate surface area is 190 Å². The van der Waals surface area contributed by atoms with E-state index in [-0.39, 0.29) is 22.4 Å². The molecule has 0 fully saturated rings. The van der Waals surface area contributed by atoms with Crippen molar-refractivity contribution >= 4 is 60.9 Å². The van der Waals surface area contributed by atoms with E-state index in [1.807, 2.05) is 0 Å². The minimum absolute atomic E-state index is 0.0392. The first kappa shape index (κ1) is 21.3. The number of hydrogen-bond donors (Lipinski definition) is 2. The van der Waals surface area contributed by atoms with Crippen LogP contribution in [0.3, 0.4) is 0 Å². The zero-order chi connectivity index (χ0) is 21.6. The fraction of sp³-hybridized carbons (Fsp3) is 0.222. The fourth-order valence-corrected chi connectivity index (χ4v) is 4.26. The Morgan fingerprint density at radius 2 is 2.07 bits per heavy atom. The number of hydrogen-bond acceptors (Lipinski definition) is 4. The quantitative estimate of drug-likeness (QED) is 0.375. The summed E-state index contributed by atoms with van der Waals surface area (Å²) < 4.78 is 48.1. The van der Waals surface area contributed by atoms with Crippen molar-refractivity contribution in [2.24, 2.45) is 0 Å². The third-order valence-electron chi connectivity index (χ3n) is 4.53. The van der Waals surface area contributed by atoms with Crippen LogP contribution >= 0.6 is 43.5 Å². The van der Waals surface area contributed by atoms with Crippen LogP contribution in [0.15, 0.2) is 50.0 Å². The summed E-state index contributed by atoms with van der Waals surface area (Å²) in [5.41, 5.74) is 0.206. The van der Waals surface area contributed by atoms with E-state index in [1.54, 1.807) is 30.3 Å². The second-order valence-electron chi connectivity index (χ2n) is 6.55. The number of anilines is 2. The Hall–Kier alpha value is -1.98. The molecule has 0 aliphatic carbocycles. The fourth-order valence-electron chi connectivity index (χ4n) is 3.19. The molecule has 30 heavy (non-hydrogen) atoms. The topological polar surface area (TPSA) is 72.1 Å². The molecule has 0 bridgehead atoms. The second kappa shape index (κ2) is 7.93. The van der Waals surface area contributed by atoms with Crippen molar-refractivity contribution < 1.29 is 22.4 Å². The average molecular weight is 569 g/mol. The average Bonchev–Trinajstić information content (AvgIpc) is 3.24. The molecule has 2 N–H and O–H groups in total. The molecule has 4 rings (SSSR count). The third-order valence-corrected chi connectivity index (χ3v) is 5.94. The van der Waals surface area contributed by atoms with Crippen molar-refractivity contribution in [3.63, 3.8) is 0 Å². The van der Waals surface area contributed by atoms with E-state index in [2.05, 4.69) is 47.6 Å². The molecule has 1 aliphatic rings. The van der Waals surface area contributed by atoms with Gasteiger partial charge in [0.15, 0.2) is 16.4 Å². The highest BCUT2D eigenvalue weighted by molar-refractivity contribution is 9.10. The predicted octanol–water partition coefficient (Wildman–Crippen LogP) is 6.57. The number of rotatable bonds is 3. The minimum Gasteiger partial charge on any atom is -0.452 e. The maximum Gasteiger partial charge on any atom is 0.410 e. The Bertz CT molecular complexity index is 1120. The maximum atomic E-state index is 13.8. The number of aromatic nitrogens is 2. The molecule has 2 atom stereocenters. The van der Waals surface area contributed by atoms with Crippen molar-refractivity contribution in [3.8, 4) is 0 Å². The van der Waals surface area contributed by atoms with Gasteiger partial charge in [-0.1, -0.05) is 17.7 Å². The first-order valence-electron chi connectivity index (χ1n) is 8.57. The molecule has 0 spiro atoms. The van der Waals surface area contributed by atoms with Crippen LogP contribution < -0.4 is 10.6 Å². The normalized spacial score (nSPS) is 18.6. The van der Waals surface area contributed by atoms with Crippen LogP contribution in [0, 0.1) is 0 Å². The molecule has 3 aromatic rings. The molecule has 12 heteroatoms. The summed E-state index contributed by atoms with van der Waals surface area (Å²) in [6.07, 6.45) is -4.93. The van der Waals surface area contributed by atoms with Crippen molar-refractivity contribution in [2.75, 3.05) is 10.6 Å². The lowest BCUT2D eigenvalue weighted by Gasteiger charge is -2.32. The van der Waals surface area contributed by atoms with E-state index in [9.17, 15) is 18.0 Å². The molecule has 158 valence electrons. The number of halogens is 6. The molecule has 0 radical (unpaired) electrons. The van der Waals surface area contributed by atoms with Gasteiger partial charge < -0.3 is 15.1 Å². The van der Waals surface area contributed by atoms with E-state index in [1.165, 1.54) is 6.07 Å². The molecule has 1 aromatic carbocycles. The molecule has 6 nitrogen and oxygen atoms in total. The Balaban J connectivity index is 1.70. The van der Waals surface area contributed by atoms with Gasteiger partial charge in [-0.05, 0) is 62.2 Å². The van der Waals surface area contributed by atoms with Gasteiger partial charge in [0.2, 0.25) is 0 Å². The van der Waals surface area contributed by atoms with E-state index in [4.69, 9.17) is 16.0 Å². The number of furan rings is 1. The number of alkyl halides is 3. The molecule has 1 amide bonds. The predicted molar refractivity (Wildman–Crippen MR) is 112 cm³/mol. The molecule has 2 aromatic heterocycles. The zero-order valence-corrected chi connectivity index (χ0v) is 18.7. The van der Waals surface area contributed by atoms with Gasteiger partial charge in [-0.15, -0.1) is 0 Å². The van der Waals surface area contributed by atoms with Crippen LogP contribution in [-0.4, -0.2) is 21.9 Å². The van der Waals surface area contributed by atoms with Gasteiger partial charge in [-0.25, -0.2) is 4.68 Å². The monoisotopic (exact) mass is 566 g/mol. The first-order valence-corrected chi connectivity index (χ1v) is 10.5.